The van der Waals surface area contributed by atoms with Crippen molar-refractivity contribution in [1.29, 1.82) is 0 Å². The molecule has 160 valence electrons. The van der Waals surface area contributed by atoms with Crippen LogP contribution < -0.4 is 5.32 Å². The number of hydrogen-bond donors (Lipinski definition) is 1. The molecule has 4 heteroatoms. The summed E-state index contributed by atoms with van der Waals surface area (Å²) in [5, 5.41) is 5.76. The average Bonchev–Trinajstić information content (AvgIpc) is 3.27. The normalized spacial score (nSPS) is 17.0. The largest absolute Gasteiger partial charge is 0.326 e. The lowest BCUT2D eigenvalue weighted by molar-refractivity contribution is -0.116. The molecule has 0 aromatic heterocycles. The zero-order valence-electron chi connectivity index (χ0n) is 18.1. The number of piperazine rings is 1. The number of hydrogen-bond acceptors (Lipinski definition) is 3. The molecule has 1 saturated heterocycles. The fraction of sp³-hybridized carbons (Fsp3) is 0.370. The molecule has 3 aromatic carbocycles. The average molecular weight is 414 g/mol. The van der Waals surface area contributed by atoms with Crippen molar-refractivity contribution in [3.8, 4) is 0 Å². The van der Waals surface area contributed by atoms with Crippen molar-refractivity contribution in [2.24, 2.45) is 0 Å². The molecule has 2 aliphatic rings. The third kappa shape index (κ3) is 4.81. The van der Waals surface area contributed by atoms with E-state index in [-0.39, 0.29) is 5.91 Å². The number of aryl methyl sites for hydroxylation is 2. The fourth-order valence-electron chi connectivity index (χ4n) is 4.98. The first-order valence-corrected chi connectivity index (χ1v) is 11.6. The molecule has 1 fully saturated rings. The van der Waals surface area contributed by atoms with Crippen LogP contribution in [-0.2, 0) is 24.2 Å². The van der Waals surface area contributed by atoms with Crippen molar-refractivity contribution in [3.05, 3.63) is 77.4 Å². The van der Waals surface area contributed by atoms with Crippen LogP contribution in [0.3, 0.4) is 0 Å². The lowest BCUT2D eigenvalue weighted by Gasteiger charge is -2.34. The van der Waals surface area contributed by atoms with Gasteiger partial charge >= 0.3 is 0 Å². The third-order valence-corrected chi connectivity index (χ3v) is 6.78. The Balaban J connectivity index is 1.08. The van der Waals surface area contributed by atoms with Gasteiger partial charge in [-0.25, -0.2) is 0 Å². The topological polar surface area (TPSA) is 35.6 Å². The first-order valence-electron chi connectivity index (χ1n) is 11.6. The van der Waals surface area contributed by atoms with Crippen molar-refractivity contribution < 1.29 is 4.79 Å². The van der Waals surface area contributed by atoms with Crippen LogP contribution in [0.4, 0.5) is 5.69 Å². The van der Waals surface area contributed by atoms with Gasteiger partial charge in [-0.1, -0.05) is 48.5 Å². The Morgan fingerprint density at radius 3 is 2.52 bits per heavy atom. The van der Waals surface area contributed by atoms with Crippen LogP contribution in [0, 0.1) is 0 Å². The highest BCUT2D eigenvalue weighted by Gasteiger charge is 2.18. The Hall–Kier alpha value is -2.69. The van der Waals surface area contributed by atoms with E-state index in [0.29, 0.717) is 6.42 Å². The summed E-state index contributed by atoms with van der Waals surface area (Å²) < 4.78 is 0. The summed E-state index contributed by atoms with van der Waals surface area (Å²) in [6.07, 6.45) is 4.11. The van der Waals surface area contributed by atoms with Gasteiger partial charge in [0.25, 0.3) is 0 Å². The molecule has 0 atom stereocenters. The number of fused-ring (bicyclic) bond motifs is 2. The quantitative estimate of drug-likeness (QED) is 0.647. The summed E-state index contributed by atoms with van der Waals surface area (Å²) >= 11 is 0. The van der Waals surface area contributed by atoms with E-state index in [0.717, 1.165) is 51.4 Å². The summed E-state index contributed by atoms with van der Waals surface area (Å²) in [6.45, 7) is 5.98. The molecule has 1 N–H and O–H groups in total. The van der Waals surface area contributed by atoms with E-state index in [9.17, 15) is 4.79 Å². The summed E-state index contributed by atoms with van der Waals surface area (Å²) in [7, 11) is 0. The molecule has 1 aliphatic heterocycles. The van der Waals surface area contributed by atoms with Crippen LogP contribution in [0.1, 0.15) is 29.5 Å². The van der Waals surface area contributed by atoms with Gasteiger partial charge in [0.05, 0.1) is 0 Å². The van der Waals surface area contributed by atoms with Crippen molar-refractivity contribution in [2.75, 3.05) is 38.0 Å². The Bertz CT molecular complexity index is 1060. The maximum Gasteiger partial charge on any atom is 0.225 e. The highest BCUT2D eigenvalue weighted by molar-refractivity contribution is 5.91. The van der Waals surface area contributed by atoms with Crippen LogP contribution >= 0.6 is 0 Å². The molecule has 0 radical (unpaired) electrons. The molecule has 1 heterocycles. The second kappa shape index (κ2) is 9.21. The summed E-state index contributed by atoms with van der Waals surface area (Å²) in [5.74, 6) is 0.121. The zero-order valence-corrected chi connectivity index (χ0v) is 18.1. The van der Waals surface area contributed by atoms with Gasteiger partial charge < -0.3 is 10.2 Å². The Kier molecular flexibility index (Phi) is 6.01. The van der Waals surface area contributed by atoms with E-state index < -0.39 is 0 Å². The molecular formula is C27H31N3O. The van der Waals surface area contributed by atoms with E-state index >= 15 is 0 Å². The Labute approximate surface area is 184 Å². The molecule has 0 bridgehead atoms. The maximum absolute atomic E-state index is 12.4. The van der Waals surface area contributed by atoms with Gasteiger partial charge in [0.2, 0.25) is 5.91 Å². The van der Waals surface area contributed by atoms with Crippen molar-refractivity contribution >= 4 is 22.4 Å². The minimum Gasteiger partial charge on any atom is -0.326 e. The monoisotopic (exact) mass is 413 g/mol. The highest BCUT2D eigenvalue weighted by Crippen LogP contribution is 2.25. The van der Waals surface area contributed by atoms with E-state index in [2.05, 4.69) is 69.7 Å². The van der Waals surface area contributed by atoms with E-state index in [1.807, 2.05) is 6.07 Å². The van der Waals surface area contributed by atoms with Crippen LogP contribution in [0.25, 0.3) is 10.8 Å². The number of carbonyl (C=O) groups is 1. The molecule has 4 nitrogen and oxygen atoms in total. The van der Waals surface area contributed by atoms with Gasteiger partial charge in [0, 0.05) is 51.4 Å². The molecule has 0 spiro atoms. The third-order valence-electron chi connectivity index (χ3n) is 6.78. The maximum atomic E-state index is 12.4. The van der Waals surface area contributed by atoms with Crippen LogP contribution in [0.15, 0.2) is 60.7 Å². The first kappa shape index (κ1) is 20.2. The lowest BCUT2D eigenvalue weighted by Crippen LogP contribution is -2.46. The van der Waals surface area contributed by atoms with Gasteiger partial charge in [-0.05, 0) is 58.9 Å². The SMILES string of the molecule is O=C(CCN1CCN(Cc2cccc3ccccc23)CC1)Nc1ccc2c(c1)CCC2. The van der Waals surface area contributed by atoms with Crippen LogP contribution in [0.2, 0.25) is 0 Å². The number of carbonyl (C=O) groups excluding carboxylic acids is 1. The molecule has 31 heavy (non-hydrogen) atoms. The van der Waals surface area contributed by atoms with Gasteiger partial charge in [0.15, 0.2) is 0 Å². The van der Waals surface area contributed by atoms with Crippen molar-refractivity contribution in [1.82, 2.24) is 9.80 Å². The van der Waals surface area contributed by atoms with Crippen LogP contribution in [-0.4, -0.2) is 48.4 Å². The number of anilines is 1. The molecule has 1 amide bonds. The standard InChI is InChI=1S/C27H31N3O/c31-27(28-25-12-11-21-6-3-8-23(21)19-25)13-14-29-15-17-30(18-16-29)20-24-9-4-7-22-5-1-2-10-26(22)24/h1-2,4-5,7,9-12,19H,3,6,8,13-18,20H2,(H,28,31). The van der Waals surface area contributed by atoms with Gasteiger partial charge in [-0.2, -0.15) is 0 Å². The van der Waals surface area contributed by atoms with Crippen molar-refractivity contribution in [3.63, 3.8) is 0 Å². The number of rotatable bonds is 6. The predicted octanol–water partition coefficient (Wildman–Crippen LogP) is 4.47. The van der Waals surface area contributed by atoms with Crippen LogP contribution in [0.5, 0.6) is 0 Å². The molecule has 1 aliphatic carbocycles. The summed E-state index contributed by atoms with van der Waals surface area (Å²) in [6, 6.07) is 21.6. The minimum absolute atomic E-state index is 0.121. The van der Waals surface area contributed by atoms with E-state index in [4.69, 9.17) is 0 Å². The Morgan fingerprint density at radius 1 is 0.839 bits per heavy atom. The fourth-order valence-corrected chi connectivity index (χ4v) is 4.98. The lowest BCUT2D eigenvalue weighted by atomic mass is 10.0. The number of amides is 1. The molecule has 3 aromatic rings. The zero-order chi connectivity index (χ0) is 21.0. The summed E-state index contributed by atoms with van der Waals surface area (Å²) in [4.78, 5) is 17.4. The minimum atomic E-state index is 0.121. The molecule has 5 rings (SSSR count). The smallest absolute Gasteiger partial charge is 0.225 e. The predicted molar refractivity (Wildman–Crippen MR) is 127 cm³/mol. The van der Waals surface area contributed by atoms with Gasteiger partial charge in [-0.15, -0.1) is 0 Å². The number of benzene rings is 3. The second-order valence-electron chi connectivity index (χ2n) is 8.89. The molecule has 0 saturated carbocycles. The van der Waals surface area contributed by atoms with Gasteiger partial charge in [0.1, 0.15) is 0 Å². The summed E-state index contributed by atoms with van der Waals surface area (Å²) in [5.41, 5.74) is 5.20. The second-order valence-corrected chi connectivity index (χ2v) is 8.89. The molecular weight excluding hydrogens is 382 g/mol. The van der Waals surface area contributed by atoms with E-state index in [1.165, 1.54) is 40.3 Å². The number of nitrogens with zero attached hydrogens (tertiary/aromatic N) is 2. The molecule has 0 unspecified atom stereocenters. The van der Waals surface area contributed by atoms with Crippen molar-refractivity contribution in [2.45, 2.75) is 32.2 Å². The highest BCUT2D eigenvalue weighted by atomic mass is 16.1. The number of nitrogens with one attached hydrogen (secondary N) is 1. The van der Waals surface area contributed by atoms with E-state index in [1.54, 1.807) is 0 Å². The van der Waals surface area contributed by atoms with Gasteiger partial charge in [-0.3, -0.25) is 9.69 Å². The first-order chi connectivity index (χ1) is 15.2. The Morgan fingerprint density at radius 2 is 1.61 bits per heavy atom.